The Morgan fingerprint density at radius 3 is 2.88 bits per heavy atom. The number of rotatable bonds is 5. The Morgan fingerprint density at radius 2 is 2.19 bits per heavy atom. The molecule has 16 heavy (non-hydrogen) atoms. The van der Waals surface area contributed by atoms with Gasteiger partial charge in [-0.25, -0.2) is 0 Å². The van der Waals surface area contributed by atoms with Crippen LogP contribution in [0.25, 0.3) is 0 Å². The fourth-order valence-electron chi connectivity index (χ4n) is 1.52. The second-order valence-corrected chi connectivity index (χ2v) is 4.39. The molecule has 84 valence electrons. The topological polar surface area (TPSA) is 47.9 Å². The highest BCUT2D eigenvalue weighted by Crippen LogP contribution is 2.20. The summed E-state index contributed by atoms with van der Waals surface area (Å²) in [5, 5.41) is 16.2. The standard InChI is InChI=1S/C12H14ClN3/c13-10-1-4-12(9(7-10)8-14)16-6-5-15-11-2-3-11/h1,4,7,11,15-16H,2-3,5-6H2. The van der Waals surface area contributed by atoms with Gasteiger partial charge in [0.2, 0.25) is 0 Å². The van der Waals surface area contributed by atoms with Crippen molar-refractivity contribution in [1.29, 1.82) is 5.26 Å². The lowest BCUT2D eigenvalue weighted by molar-refractivity contribution is 0.701. The molecule has 2 rings (SSSR count). The van der Waals surface area contributed by atoms with Gasteiger partial charge in [0.25, 0.3) is 0 Å². The van der Waals surface area contributed by atoms with E-state index in [2.05, 4.69) is 16.7 Å². The summed E-state index contributed by atoms with van der Waals surface area (Å²) in [5.41, 5.74) is 1.45. The van der Waals surface area contributed by atoms with Crippen LogP contribution < -0.4 is 10.6 Å². The smallest absolute Gasteiger partial charge is 0.101 e. The molecule has 0 amide bonds. The van der Waals surface area contributed by atoms with E-state index in [1.165, 1.54) is 12.8 Å². The Hall–Kier alpha value is -1.24. The summed E-state index contributed by atoms with van der Waals surface area (Å²) in [6.07, 6.45) is 2.59. The van der Waals surface area contributed by atoms with Crippen LogP contribution in [0.1, 0.15) is 18.4 Å². The van der Waals surface area contributed by atoms with E-state index >= 15 is 0 Å². The molecule has 1 saturated carbocycles. The summed E-state index contributed by atoms with van der Waals surface area (Å²) < 4.78 is 0. The number of nitrogens with zero attached hydrogens (tertiary/aromatic N) is 1. The number of nitriles is 1. The van der Waals surface area contributed by atoms with Crippen molar-refractivity contribution in [2.24, 2.45) is 0 Å². The van der Waals surface area contributed by atoms with Crippen molar-refractivity contribution in [3.8, 4) is 6.07 Å². The van der Waals surface area contributed by atoms with Crippen LogP contribution in [0.2, 0.25) is 5.02 Å². The van der Waals surface area contributed by atoms with Crippen molar-refractivity contribution >= 4 is 17.3 Å². The maximum atomic E-state index is 8.93. The number of hydrogen-bond donors (Lipinski definition) is 2. The highest BCUT2D eigenvalue weighted by atomic mass is 35.5. The van der Waals surface area contributed by atoms with Gasteiger partial charge in [-0.1, -0.05) is 11.6 Å². The third kappa shape index (κ3) is 3.13. The monoisotopic (exact) mass is 235 g/mol. The molecule has 3 nitrogen and oxygen atoms in total. The Morgan fingerprint density at radius 1 is 1.38 bits per heavy atom. The normalized spacial score (nSPS) is 14.5. The van der Waals surface area contributed by atoms with Crippen molar-refractivity contribution in [2.45, 2.75) is 18.9 Å². The van der Waals surface area contributed by atoms with Gasteiger partial charge in [-0.05, 0) is 31.0 Å². The number of nitrogens with one attached hydrogen (secondary N) is 2. The van der Waals surface area contributed by atoms with Crippen molar-refractivity contribution in [3.63, 3.8) is 0 Å². The van der Waals surface area contributed by atoms with Crippen molar-refractivity contribution in [2.75, 3.05) is 18.4 Å². The molecule has 0 bridgehead atoms. The molecular formula is C12H14ClN3. The summed E-state index contributed by atoms with van der Waals surface area (Å²) in [6.45, 7) is 1.75. The summed E-state index contributed by atoms with van der Waals surface area (Å²) in [6, 6.07) is 8.17. The average molecular weight is 236 g/mol. The first-order valence-corrected chi connectivity index (χ1v) is 5.84. The first kappa shape index (κ1) is 11.3. The first-order chi connectivity index (χ1) is 7.79. The maximum absolute atomic E-state index is 8.93. The Labute approximate surface area is 100 Å². The Bertz CT molecular complexity index is 407. The summed E-state index contributed by atoms with van der Waals surface area (Å²) in [5.74, 6) is 0. The van der Waals surface area contributed by atoms with Gasteiger partial charge >= 0.3 is 0 Å². The second-order valence-electron chi connectivity index (χ2n) is 3.96. The molecule has 1 aromatic rings. The highest BCUT2D eigenvalue weighted by Gasteiger charge is 2.19. The molecule has 0 saturated heterocycles. The van der Waals surface area contributed by atoms with E-state index in [0.717, 1.165) is 24.8 Å². The largest absolute Gasteiger partial charge is 0.383 e. The van der Waals surface area contributed by atoms with E-state index in [0.29, 0.717) is 10.6 Å². The second kappa shape index (κ2) is 5.20. The van der Waals surface area contributed by atoms with Crippen molar-refractivity contribution < 1.29 is 0 Å². The Balaban J connectivity index is 1.85. The molecule has 0 radical (unpaired) electrons. The molecule has 0 heterocycles. The van der Waals surface area contributed by atoms with Crippen LogP contribution in [0.15, 0.2) is 18.2 Å². The van der Waals surface area contributed by atoms with Crippen LogP contribution in [-0.2, 0) is 0 Å². The molecule has 0 aliphatic heterocycles. The van der Waals surface area contributed by atoms with Crippen LogP contribution in [-0.4, -0.2) is 19.1 Å². The minimum absolute atomic E-state index is 0.596. The van der Waals surface area contributed by atoms with Gasteiger partial charge in [-0.3, -0.25) is 0 Å². The van der Waals surface area contributed by atoms with Crippen LogP contribution in [0.5, 0.6) is 0 Å². The van der Waals surface area contributed by atoms with Crippen LogP contribution >= 0.6 is 11.6 Å². The molecule has 0 aromatic heterocycles. The zero-order valence-electron chi connectivity index (χ0n) is 8.96. The highest BCUT2D eigenvalue weighted by molar-refractivity contribution is 6.30. The minimum atomic E-state index is 0.596. The quantitative estimate of drug-likeness (QED) is 0.771. The number of halogens is 1. The lowest BCUT2D eigenvalue weighted by atomic mass is 10.2. The number of hydrogen-bond acceptors (Lipinski definition) is 3. The van der Waals surface area contributed by atoms with E-state index in [4.69, 9.17) is 16.9 Å². The molecule has 1 aromatic carbocycles. The van der Waals surface area contributed by atoms with E-state index in [1.807, 2.05) is 6.07 Å². The van der Waals surface area contributed by atoms with E-state index in [9.17, 15) is 0 Å². The zero-order valence-corrected chi connectivity index (χ0v) is 9.72. The van der Waals surface area contributed by atoms with Gasteiger partial charge in [0.15, 0.2) is 0 Å². The van der Waals surface area contributed by atoms with Gasteiger partial charge in [-0.2, -0.15) is 5.26 Å². The molecule has 1 aliphatic rings. The lowest BCUT2D eigenvalue weighted by Crippen LogP contribution is -2.24. The summed E-state index contributed by atoms with van der Waals surface area (Å²) in [7, 11) is 0. The van der Waals surface area contributed by atoms with E-state index in [1.54, 1.807) is 12.1 Å². The number of anilines is 1. The summed E-state index contributed by atoms with van der Waals surface area (Å²) >= 11 is 5.82. The average Bonchev–Trinajstić information content (AvgIpc) is 3.09. The number of benzene rings is 1. The van der Waals surface area contributed by atoms with E-state index in [-0.39, 0.29) is 0 Å². The molecule has 1 aliphatic carbocycles. The lowest BCUT2D eigenvalue weighted by Gasteiger charge is -2.08. The molecule has 2 N–H and O–H groups in total. The molecule has 0 spiro atoms. The molecule has 4 heteroatoms. The predicted molar refractivity (Wildman–Crippen MR) is 65.7 cm³/mol. The molecule has 0 atom stereocenters. The maximum Gasteiger partial charge on any atom is 0.101 e. The Kier molecular flexibility index (Phi) is 3.66. The van der Waals surface area contributed by atoms with Crippen molar-refractivity contribution in [3.05, 3.63) is 28.8 Å². The third-order valence-electron chi connectivity index (χ3n) is 2.55. The predicted octanol–water partition coefficient (Wildman–Crippen LogP) is 2.38. The molecular weight excluding hydrogens is 222 g/mol. The fraction of sp³-hybridized carbons (Fsp3) is 0.417. The molecule has 0 unspecified atom stereocenters. The third-order valence-corrected chi connectivity index (χ3v) is 2.79. The van der Waals surface area contributed by atoms with Gasteiger partial charge in [0, 0.05) is 24.2 Å². The fourth-order valence-corrected chi connectivity index (χ4v) is 1.70. The minimum Gasteiger partial charge on any atom is -0.383 e. The van der Waals surface area contributed by atoms with Gasteiger partial charge < -0.3 is 10.6 Å². The van der Waals surface area contributed by atoms with Crippen molar-refractivity contribution in [1.82, 2.24) is 5.32 Å². The van der Waals surface area contributed by atoms with Crippen LogP contribution in [0.3, 0.4) is 0 Å². The zero-order chi connectivity index (χ0) is 11.4. The molecule has 1 fully saturated rings. The van der Waals surface area contributed by atoms with E-state index < -0.39 is 0 Å². The first-order valence-electron chi connectivity index (χ1n) is 5.46. The SMILES string of the molecule is N#Cc1cc(Cl)ccc1NCCNC1CC1. The van der Waals surface area contributed by atoms with Gasteiger partial charge in [-0.15, -0.1) is 0 Å². The van der Waals surface area contributed by atoms with Crippen LogP contribution in [0, 0.1) is 11.3 Å². The van der Waals surface area contributed by atoms with Crippen LogP contribution in [0.4, 0.5) is 5.69 Å². The van der Waals surface area contributed by atoms with Gasteiger partial charge in [0.1, 0.15) is 6.07 Å². The van der Waals surface area contributed by atoms with Gasteiger partial charge in [0.05, 0.1) is 11.3 Å². The summed E-state index contributed by atoms with van der Waals surface area (Å²) in [4.78, 5) is 0.